The van der Waals surface area contributed by atoms with E-state index in [1.54, 1.807) is 24.3 Å². The molecule has 0 aliphatic heterocycles. The van der Waals surface area contributed by atoms with Crippen LogP contribution in [0.25, 0.3) is 11.1 Å². The Kier molecular flexibility index (Phi) is 9.96. The lowest BCUT2D eigenvalue weighted by molar-refractivity contribution is -0.140. The topological polar surface area (TPSA) is 112 Å². The Labute approximate surface area is 256 Å². The first-order valence-electron chi connectivity index (χ1n) is 14.3. The van der Waals surface area contributed by atoms with Crippen molar-refractivity contribution in [3.05, 3.63) is 118 Å². The molecule has 0 saturated carbocycles. The molecule has 3 aromatic carbocycles. The number of rotatable bonds is 11. The summed E-state index contributed by atoms with van der Waals surface area (Å²) in [6.07, 6.45) is 10.7. The van der Waals surface area contributed by atoms with E-state index in [4.69, 9.17) is 21.1 Å². The maximum Gasteiger partial charge on any atom is 0.323 e. The van der Waals surface area contributed by atoms with Crippen molar-refractivity contribution >= 4 is 17.6 Å². The number of allylic oxidation sites excluding steroid dienone is 4. The Morgan fingerprint density at radius 1 is 1.12 bits per heavy atom. The number of fused-ring (bicyclic) bond motifs is 1. The van der Waals surface area contributed by atoms with E-state index in [-0.39, 0.29) is 19.3 Å². The Hall–Kier alpha value is -4.35. The number of ether oxygens (including phenoxy) is 2. The number of nitrogens with zero attached hydrogens (tertiary/aromatic N) is 1. The van der Waals surface area contributed by atoms with E-state index >= 15 is 0 Å². The van der Waals surface area contributed by atoms with Gasteiger partial charge in [-0.1, -0.05) is 72.3 Å². The number of aliphatic carboxylic acids is 1. The molecule has 0 bridgehead atoms. The minimum atomic E-state index is -1.16. The third-order valence-corrected chi connectivity index (χ3v) is 7.90. The second-order valence-electron chi connectivity index (χ2n) is 10.5. The first kappa shape index (κ1) is 30.1. The number of hydrogen-bond donors (Lipinski definition) is 3. The molecule has 5 rings (SSSR count). The number of halogens is 1. The van der Waals surface area contributed by atoms with Crippen LogP contribution in [0, 0.1) is 11.3 Å². The zero-order valence-corrected chi connectivity index (χ0v) is 24.4. The van der Waals surface area contributed by atoms with E-state index in [9.17, 15) is 20.3 Å². The standard InChI is InChI=1S/C35H33ClN2O5/c36-30-17-26(20-38-31(21-39)35(40)41)33(42-22-24-9-4-1-3-8-23(16-24)19-37)18-34(30)43-32-15-14-28-27(12-7-13-29(28)32)25-10-5-2-6-11-25/h2-3,5-13,16-18,31-32,38-39H,1,4,14-15,20-22H2,(H,40,41)/b8-3?,23-16?,24-9+/t31?,32-/m0/s1. The molecule has 0 saturated heterocycles. The number of carboxylic acids is 1. The number of aliphatic hydroxyl groups is 1. The maximum atomic E-state index is 11.5. The van der Waals surface area contributed by atoms with Crippen molar-refractivity contribution in [2.24, 2.45) is 0 Å². The molecule has 7 nitrogen and oxygen atoms in total. The van der Waals surface area contributed by atoms with Gasteiger partial charge in [-0.05, 0) is 71.7 Å². The summed E-state index contributed by atoms with van der Waals surface area (Å²) in [5.74, 6) is -0.230. The minimum Gasteiger partial charge on any atom is -0.488 e. The van der Waals surface area contributed by atoms with Crippen LogP contribution in [-0.4, -0.2) is 35.4 Å². The molecule has 0 aromatic heterocycles. The van der Waals surface area contributed by atoms with Gasteiger partial charge in [-0.15, -0.1) is 0 Å². The van der Waals surface area contributed by atoms with Gasteiger partial charge in [0.1, 0.15) is 30.3 Å². The third kappa shape index (κ3) is 7.36. The second kappa shape index (κ2) is 14.2. The van der Waals surface area contributed by atoms with Crippen molar-refractivity contribution in [2.75, 3.05) is 13.2 Å². The highest BCUT2D eigenvalue weighted by molar-refractivity contribution is 6.32. The summed E-state index contributed by atoms with van der Waals surface area (Å²) >= 11 is 6.73. The molecule has 1 unspecified atom stereocenters. The summed E-state index contributed by atoms with van der Waals surface area (Å²) in [6.45, 7) is -0.266. The van der Waals surface area contributed by atoms with Crippen molar-refractivity contribution in [3.8, 4) is 28.7 Å². The quantitative estimate of drug-likeness (QED) is 0.225. The third-order valence-electron chi connectivity index (χ3n) is 7.61. The van der Waals surface area contributed by atoms with Crippen molar-refractivity contribution in [1.82, 2.24) is 5.32 Å². The van der Waals surface area contributed by atoms with Crippen molar-refractivity contribution < 1.29 is 24.5 Å². The summed E-state index contributed by atoms with van der Waals surface area (Å²) < 4.78 is 12.8. The highest BCUT2D eigenvalue weighted by atomic mass is 35.5. The molecule has 2 aliphatic carbocycles. The van der Waals surface area contributed by atoms with Gasteiger partial charge in [0, 0.05) is 18.2 Å². The molecule has 0 amide bonds. The molecule has 2 atom stereocenters. The number of nitriles is 1. The van der Waals surface area contributed by atoms with Crippen LogP contribution in [0.1, 0.15) is 42.1 Å². The molecule has 0 heterocycles. The molecule has 2 aliphatic rings. The molecule has 220 valence electrons. The minimum absolute atomic E-state index is 0.0978. The Bertz CT molecular complexity index is 1610. The Morgan fingerprint density at radius 3 is 2.72 bits per heavy atom. The van der Waals surface area contributed by atoms with Gasteiger partial charge in [-0.3, -0.25) is 10.1 Å². The van der Waals surface area contributed by atoms with E-state index < -0.39 is 18.6 Å². The van der Waals surface area contributed by atoms with E-state index in [2.05, 4.69) is 41.7 Å². The van der Waals surface area contributed by atoms with E-state index in [1.807, 2.05) is 30.4 Å². The number of benzene rings is 3. The van der Waals surface area contributed by atoms with Crippen molar-refractivity contribution in [2.45, 2.75) is 44.4 Å². The first-order chi connectivity index (χ1) is 21.0. The Morgan fingerprint density at radius 2 is 1.95 bits per heavy atom. The normalized spacial score (nSPS) is 17.8. The van der Waals surface area contributed by atoms with Crippen molar-refractivity contribution in [3.63, 3.8) is 0 Å². The number of hydrogen-bond acceptors (Lipinski definition) is 6. The summed E-state index contributed by atoms with van der Waals surface area (Å²) in [7, 11) is 0. The van der Waals surface area contributed by atoms with Crippen LogP contribution in [0.3, 0.4) is 0 Å². The van der Waals surface area contributed by atoms with Crippen LogP contribution < -0.4 is 14.8 Å². The van der Waals surface area contributed by atoms with Gasteiger partial charge >= 0.3 is 5.97 Å². The average molecular weight is 597 g/mol. The van der Waals surface area contributed by atoms with Gasteiger partial charge in [0.15, 0.2) is 0 Å². The van der Waals surface area contributed by atoms with Crippen LogP contribution in [0.4, 0.5) is 0 Å². The first-order valence-corrected chi connectivity index (χ1v) is 14.7. The largest absolute Gasteiger partial charge is 0.488 e. The molecule has 0 radical (unpaired) electrons. The van der Waals surface area contributed by atoms with Crippen LogP contribution in [-0.2, 0) is 17.8 Å². The molecule has 3 N–H and O–H groups in total. The molecule has 43 heavy (non-hydrogen) atoms. The van der Waals surface area contributed by atoms with Crippen LogP contribution in [0.5, 0.6) is 11.5 Å². The molecule has 3 aromatic rings. The monoisotopic (exact) mass is 596 g/mol. The summed E-state index contributed by atoms with van der Waals surface area (Å²) in [4.78, 5) is 11.5. The highest BCUT2D eigenvalue weighted by Crippen LogP contribution is 2.42. The number of nitrogens with one attached hydrogen (secondary N) is 1. The van der Waals surface area contributed by atoms with E-state index in [1.165, 1.54) is 16.7 Å². The van der Waals surface area contributed by atoms with Gasteiger partial charge in [0.2, 0.25) is 0 Å². The summed E-state index contributed by atoms with van der Waals surface area (Å²) in [5, 5.41) is 31.5. The average Bonchev–Trinajstić information content (AvgIpc) is 3.41. The highest BCUT2D eigenvalue weighted by Gasteiger charge is 2.28. The van der Waals surface area contributed by atoms with Crippen LogP contribution in [0.2, 0.25) is 5.02 Å². The molecular formula is C35H33ClN2O5. The van der Waals surface area contributed by atoms with Crippen LogP contribution >= 0.6 is 11.6 Å². The predicted molar refractivity (Wildman–Crippen MR) is 166 cm³/mol. The fraction of sp³-hybridized carbons (Fsp3) is 0.257. The lowest BCUT2D eigenvalue weighted by Crippen LogP contribution is -2.39. The predicted octanol–water partition coefficient (Wildman–Crippen LogP) is 6.71. The van der Waals surface area contributed by atoms with Gasteiger partial charge in [-0.2, -0.15) is 5.26 Å². The SMILES string of the molecule is N#CC1=C/C(COc2cc(O[C@H]3CCc4c(-c5ccccc5)cccc43)c(Cl)cc2CNC(CO)C(=O)O)=C\CCC=C1. The van der Waals surface area contributed by atoms with Gasteiger partial charge in [0.25, 0.3) is 0 Å². The zero-order valence-electron chi connectivity index (χ0n) is 23.6. The van der Waals surface area contributed by atoms with Gasteiger partial charge in [0.05, 0.1) is 23.3 Å². The fourth-order valence-corrected chi connectivity index (χ4v) is 5.63. The van der Waals surface area contributed by atoms with Crippen molar-refractivity contribution in [1.29, 1.82) is 5.26 Å². The smallest absolute Gasteiger partial charge is 0.323 e. The maximum absolute atomic E-state index is 11.5. The number of carbonyl (C=O) groups is 1. The van der Waals surface area contributed by atoms with Gasteiger partial charge < -0.3 is 19.7 Å². The zero-order chi connectivity index (χ0) is 30.2. The second-order valence-corrected chi connectivity index (χ2v) is 10.9. The summed E-state index contributed by atoms with van der Waals surface area (Å²) in [5.41, 5.74) is 6.77. The lowest BCUT2D eigenvalue weighted by Gasteiger charge is -2.20. The summed E-state index contributed by atoms with van der Waals surface area (Å²) in [6, 6.07) is 21.1. The van der Waals surface area contributed by atoms with Crippen LogP contribution in [0.15, 0.2) is 96.1 Å². The molecule has 0 spiro atoms. The van der Waals surface area contributed by atoms with E-state index in [0.29, 0.717) is 27.7 Å². The molecular weight excluding hydrogens is 564 g/mol. The fourth-order valence-electron chi connectivity index (χ4n) is 5.40. The van der Waals surface area contributed by atoms with E-state index in [0.717, 1.165) is 36.8 Å². The Balaban J connectivity index is 1.42. The number of carboxylic acid groups (broad SMARTS) is 1. The molecule has 0 fully saturated rings. The number of aliphatic hydroxyl groups excluding tert-OH is 1. The lowest BCUT2D eigenvalue weighted by atomic mass is 9.97. The molecule has 8 heteroatoms. The van der Waals surface area contributed by atoms with Gasteiger partial charge in [-0.25, -0.2) is 0 Å².